The van der Waals surface area contributed by atoms with E-state index >= 15 is 0 Å². The molecule has 0 bridgehead atoms. The summed E-state index contributed by atoms with van der Waals surface area (Å²) < 4.78 is 37.8. The number of aromatic nitrogens is 1. The predicted molar refractivity (Wildman–Crippen MR) is 76.2 cm³/mol. The summed E-state index contributed by atoms with van der Waals surface area (Å²) in [6.07, 6.45) is -5.55. The quantitative estimate of drug-likeness (QED) is 0.910. The highest BCUT2D eigenvalue weighted by molar-refractivity contribution is 5.89. The fourth-order valence-electron chi connectivity index (χ4n) is 2.20. The SMILES string of the molecule is CC[C@@H](Nc1ccc2c(C#N)nccc2c1)[C@@H](O)C(F)(F)F. The summed E-state index contributed by atoms with van der Waals surface area (Å²) in [5.74, 6) is 0. The minimum Gasteiger partial charge on any atom is -0.382 e. The average Bonchev–Trinajstić information content (AvgIpc) is 2.50. The molecule has 0 saturated carbocycles. The number of aliphatic hydroxyl groups excluding tert-OH is 1. The lowest BCUT2D eigenvalue weighted by molar-refractivity contribution is -0.207. The number of aliphatic hydroxyl groups is 1. The van der Waals surface area contributed by atoms with Gasteiger partial charge in [-0.1, -0.05) is 6.92 Å². The third-order valence-electron chi connectivity index (χ3n) is 3.38. The maximum Gasteiger partial charge on any atom is 0.416 e. The van der Waals surface area contributed by atoms with Gasteiger partial charge in [0.05, 0.1) is 6.04 Å². The molecule has 1 heterocycles. The first-order valence-corrected chi connectivity index (χ1v) is 6.67. The summed E-state index contributed by atoms with van der Waals surface area (Å²) in [5.41, 5.74) is 0.698. The van der Waals surface area contributed by atoms with Crippen molar-refractivity contribution in [3.8, 4) is 6.07 Å². The van der Waals surface area contributed by atoms with E-state index in [0.29, 0.717) is 16.5 Å². The summed E-state index contributed by atoms with van der Waals surface area (Å²) >= 11 is 0. The number of pyridine rings is 1. The molecular formula is C15H14F3N3O. The van der Waals surface area contributed by atoms with Gasteiger partial charge in [0.2, 0.25) is 0 Å². The van der Waals surface area contributed by atoms with Crippen molar-refractivity contribution in [3.63, 3.8) is 0 Å². The summed E-state index contributed by atoms with van der Waals surface area (Å²) in [7, 11) is 0. The van der Waals surface area contributed by atoms with Gasteiger partial charge >= 0.3 is 6.18 Å². The number of nitriles is 1. The van der Waals surface area contributed by atoms with Crippen molar-refractivity contribution in [1.29, 1.82) is 5.26 Å². The number of nitrogens with zero attached hydrogens (tertiary/aromatic N) is 2. The van der Waals surface area contributed by atoms with Crippen molar-refractivity contribution in [1.82, 2.24) is 4.98 Å². The minimum absolute atomic E-state index is 0.110. The molecule has 0 amide bonds. The number of nitrogens with one attached hydrogen (secondary N) is 1. The average molecular weight is 309 g/mol. The molecule has 0 aliphatic heterocycles. The van der Waals surface area contributed by atoms with Crippen molar-refractivity contribution in [2.24, 2.45) is 0 Å². The molecule has 0 aliphatic rings. The second-order valence-corrected chi connectivity index (χ2v) is 4.85. The Morgan fingerprint density at radius 2 is 2.09 bits per heavy atom. The van der Waals surface area contributed by atoms with E-state index in [2.05, 4.69) is 10.3 Å². The Morgan fingerprint density at radius 1 is 1.36 bits per heavy atom. The van der Waals surface area contributed by atoms with Crippen molar-refractivity contribution in [2.75, 3.05) is 5.32 Å². The Hall–Kier alpha value is -2.33. The second-order valence-electron chi connectivity index (χ2n) is 4.85. The molecule has 0 spiro atoms. The molecule has 2 atom stereocenters. The van der Waals surface area contributed by atoms with Crippen LogP contribution in [0.3, 0.4) is 0 Å². The molecule has 2 N–H and O–H groups in total. The van der Waals surface area contributed by atoms with Crippen LogP contribution < -0.4 is 5.32 Å². The first kappa shape index (κ1) is 16.0. The highest BCUT2D eigenvalue weighted by Crippen LogP contribution is 2.27. The fourth-order valence-corrected chi connectivity index (χ4v) is 2.20. The standard InChI is InChI=1S/C15H14F3N3O/c1-2-12(14(22)15(16,17)18)21-10-3-4-11-9(7-10)5-6-20-13(11)8-19/h3-7,12,14,21-22H,2H2,1H3/t12-,14-/m1/s1. The molecule has 0 fully saturated rings. The lowest BCUT2D eigenvalue weighted by atomic mass is 10.1. The molecule has 1 aromatic carbocycles. The van der Waals surface area contributed by atoms with E-state index < -0.39 is 18.3 Å². The van der Waals surface area contributed by atoms with Gasteiger partial charge in [-0.15, -0.1) is 0 Å². The minimum atomic E-state index is -4.68. The number of rotatable bonds is 4. The van der Waals surface area contributed by atoms with Gasteiger partial charge < -0.3 is 10.4 Å². The third-order valence-corrected chi connectivity index (χ3v) is 3.38. The van der Waals surface area contributed by atoms with E-state index in [4.69, 9.17) is 5.26 Å². The Balaban J connectivity index is 2.30. The molecule has 0 radical (unpaired) electrons. The summed E-state index contributed by atoms with van der Waals surface area (Å²) in [5, 5.41) is 22.3. The van der Waals surface area contributed by atoms with Crippen LogP contribution in [0.1, 0.15) is 19.0 Å². The third kappa shape index (κ3) is 3.28. The molecule has 4 nitrogen and oxygen atoms in total. The molecule has 1 aromatic heterocycles. The molecule has 7 heteroatoms. The van der Waals surface area contributed by atoms with Gasteiger partial charge in [-0.05, 0) is 36.1 Å². The molecule has 22 heavy (non-hydrogen) atoms. The molecular weight excluding hydrogens is 295 g/mol. The fraction of sp³-hybridized carbons (Fsp3) is 0.333. The van der Waals surface area contributed by atoms with Crippen LogP contribution >= 0.6 is 0 Å². The van der Waals surface area contributed by atoms with Crippen LogP contribution in [-0.4, -0.2) is 28.4 Å². The largest absolute Gasteiger partial charge is 0.416 e. The summed E-state index contributed by atoms with van der Waals surface area (Å²) in [6.45, 7) is 1.56. The van der Waals surface area contributed by atoms with Crippen molar-refractivity contribution >= 4 is 16.5 Å². The maximum absolute atomic E-state index is 12.6. The van der Waals surface area contributed by atoms with Crippen LogP contribution in [0.2, 0.25) is 0 Å². The highest BCUT2D eigenvalue weighted by Gasteiger charge is 2.42. The van der Waals surface area contributed by atoms with Gasteiger partial charge in [-0.25, -0.2) is 4.98 Å². The van der Waals surface area contributed by atoms with E-state index in [1.165, 1.54) is 6.20 Å². The maximum atomic E-state index is 12.6. The van der Waals surface area contributed by atoms with Crippen molar-refractivity contribution in [2.45, 2.75) is 31.7 Å². The Labute approximate surface area is 125 Å². The first-order valence-electron chi connectivity index (χ1n) is 6.67. The van der Waals surface area contributed by atoms with Crippen molar-refractivity contribution < 1.29 is 18.3 Å². The lowest BCUT2D eigenvalue weighted by Gasteiger charge is -2.25. The summed E-state index contributed by atoms with van der Waals surface area (Å²) in [4.78, 5) is 3.92. The number of anilines is 1. The topological polar surface area (TPSA) is 68.9 Å². The lowest BCUT2D eigenvalue weighted by Crippen LogP contribution is -2.43. The highest BCUT2D eigenvalue weighted by atomic mass is 19.4. The number of halogens is 3. The normalized spacial score (nSPS) is 14.4. The number of benzene rings is 1. The smallest absolute Gasteiger partial charge is 0.382 e. The number of alkyl halides is 3. The number of fused-ring (bicyclic) bond motifs is 1. The van der Waals surface area contributed by atoms with E-state index in [0.717, 1.165) is 0 Å². The van der Waals surface area contributed by atoms with E-state index in [1.54, 1.807) is 31.2 Å². The zero-order chi connectivity index (χ0) is 16.3. The van der Waals surface area contributed by atoms with Crippen LogP contribution in [0.25, 0.3) is 10.8 Å². The molecule has 116 valence electrons. The van der Waals surface area contributed by atoms with E-state index in [-0.39, 0.29) is 12.1 Å². The van der Waals surface area contributed by atoms with Crippen molar-refractivity contribution in [3.05, 3.63) is 36.2 Å². The molecule has 0 saturated heterocycles. The Morgan fingerprint density at radius 3 is 2.68 bits per heavy atom. The van der Waals surface area contributed by atoms with Gasteiger partial charge in [0, 0.05) is 17.3 Å². The van der Waals surface area contributed by atoms with Crippen LogP contribution in [0.5, 0.6) is 0 Å². The number of hydrogen-bond donors (Lipinski definition) is 2. The zero-order valence-electron chi connectivity index (χ0n) is 11.7. The van der Waals surface area contributed by atoms with Crippen LogP contribution in [0, 0.1) is 11.3 Å². The van der Waals surface area contributed by atoms with Gasteiger partial charge in [0.1, 0.15) is 11.8 Å². The molecule has 0 unspecified atom stereocenters. The molecule has 2 rings (SSSR count). The zero-order valence-corrected chi connectivity index (χ0v) is 11.7. The second kappa shape index (κ2) is 6.20. The van der Waals surface area contributed by atoms with Gasteiger partial charge in [-0.2, -0.15) is 18.4 Å². The number of hydrogen-bond acceptors (Lipinski definition) is 4. The van der Waals surface area contributed by atoms with Gasteiger partial charge in [0.25, 0.3) is 0 Å². The van der Waals surface area contributed by atoms with Crippen LogP contribution in [-0.2, 0) is 0 Å². The van der Waals surface area contributed by atoms with E-state index in [9.17, 15) is 18.3 Å². The van der Waals surface area contributed by atoms with Gasteiger partial charge in [0.15, 0.2) is 6.10 Å². The monoisotopic (exact) mass is 309 g/mol. The predicted octanol–water partition coefficient (Wildman–Crippen LogP) is 3.22. The summed E-state index contributed by atoms with van der Waals surface area (Å²) in [6, 6.07) is 7.30. The molecule has 2 aromatic rings. The van der Waals surface area contributed by atoms with Crippen LogP contribution in [0.4, 0.5) is 18.9 Å². The molecule has 0 aliphatic carbocycles. The van der Waals surface area contributed by atoms with E-state index in [1.807, 2.05) is 6.07 Å². The Kier molecular flexibility index (Phi) is 4.52. The Bertz CT molecular complexity index is 709. The van der Waals surface area contributed by atoms with Crippen LogP contribution in [0.15, 0.2) is 30.5 Å². The van der Waals surface area contributed by atoms with Gasteiger partial charge in [-0.3, -0.25) is 0 Å². The first-order chi connectivity index (χ1) is 10.4.